The fourth-order valence-electron chi connectivity index (χ4n) is 5.61. The summed E-state index contributed by atoms with van der Waals surface area (Å²) in [6, 6.07) is 21.6. The van der Waals surface area contributed by atoms with Gasteiger partial charge in [-0.05, 0) is 94.2 Å². The minimum Gasteiger partial charge on any atom is -0.493 e. The molecular formula is C39H53ClN4O4. The Morgan fingerprint density at radius 3 is 2.23 bits per heavy atom. The molecule has 0 unspecified atom stereocenters. The zero-order valence-corrected chi connectivity index (χ0v) is 30.3. The first kappa shape index (κ1) is 37.1. The molecule has 0 aliphatic heterocycles. The Labute approximate surface area is 291 Å². The van der Waals surface area contributed by atoms with E-state index in [4.69, 9.17) is 30.8 Å². The molecule has 3 aromatic carbocycles. The van der Waals surface area contributed by atoms with Crippen molar-refractivity contribution in [3.63, 3.8) is 0 Å². The van der Waals surface area contributed by atoms with E-state index in [1.165, 1.54) is 5.56 Å². The summed E-state index contributed by atoms with van der Waals surface area (Å²) in [5.41, 5.74) is 3.47. The molecule has 0 saturated carbocycles. The number of amides is 1. The molecule has 0 aliphatic carbocycles. The smallest absolute Gasteiger partial charge is 0.408 e. The van der Waals surface area contributed by atoms with Crippen LogP contribution in [0.2, 0.25) is 5.02 Å². The van der Waals surface area contributed by atoms with Crippen molar-refractivity contribution >= 4 is 28.7 Å². The van der Waals surface area contributed by atoms with Gasteiger partial charge in [-0.25, -0.2) is 9.78 Å². The topological polar surface area (TPSA) is 77.8 Å². The average Bonchev–Trinajstić information content (AvgIpc) is 3.42. The van der Waals surface area contributed by atoms with Gasteiger partial charge in [-0.3, -0.25) is 0 Å². The van der Waals surface area contributed by atoms with E-state index < -0.39 is 17.7 Å². The second-order valence-electron chi connectivity index (χ2n) is 13.1. The second kappa shape index (κ2) is 18.1. The van der Waals surface area contributed by atoms with Crippen LogP contribution in [0.5, 0.6) is 11.5 Å². The molecule has 1 amide bonds. The van der Waals surface area contributed by atoms with Crippen molar-refractivity contribution in [3.05, 3.63) is 88.7 Å². The number of alkyl carbamates (subject to hydrolysis) is 1. The lowest BCUT2D eigenvalue weighted by Crippen LogP contribution is -2.37. The van der Waals surface area contributed by atoms with Gasteiger partial charge in [0.1, 0.15) is 22.9 Å². The van der Waals surface area contributed by atoms with Gasteiger partial charge < -0.3 is 29.0 Å². The maximum atomic E-state index is 13.2. The molecule has 0 bridgehead atoms. The van der Waals surface area contributed by atoms with E-state index in [2.05, 4.69) is 41.6 Å². The first-order valence-corrected chi connectivity index (χ1v) is 17.8. The summed E-state index contributed by atoms with van der Waals surface area (Å²) >= 11 is 6.01. The molecule has 0 fully saturated rings. The third kappa shape index (κ3) is 11.4. The summed E-state index contributed by atoms with van der Waals surface area (Å²) in [6.07, 6.45) is 3.84. The van der Waals surface area contributed by atoms with Crippen molar-refractivity contribution in [3.8, 4) is 11.5 Å². The van der Waals surface area contributed by atoms with Crippen LogP contribution in [0.25, 0.3) is 11.0 Å². The van der Waals surface area contributed by atoms with E-state index in [1.807, 2.05) is 81.4 Å². The molecule has 9 heteroatoms. The summed E-state index contributed by atoms with van der Waals surface area (Å²) in [5.74, 6) is 2.40. The van der Waals surface area contributed by atoms with E-state index >= 15 is 0 Å². The summed E-state index contributed by atoms with van der Waals surface area (Å²) in [6.45, 7) is 17.3. The normalized spacial score (nSPS) is 12.3. The second-order valence-corrected chi connectivity index (χ2v) is 13.6. The summed E-state index contributed by atoms with van der Waals surface area (Å²) in [7, 11) is 0. The Morgan fingerprint density at radius 1 is 0.896 bits per heavy atom. The highest BCUT2D eigenvalue weighted by Gasteiger charge is 2.26. The maximum absolute atomic E-state index is 13.2. The van der Waals surface area contributed by atoms with Gasteiger partial charge in [0.25, 0.3) is 0 Å². The van der Waals surface area contributed by atoms with Crippen LogP contribution in [0, 0.1) is 0 Å². The number of unbranched alkanes of at least 4 members (excludes halogenated alkanes) is 1. The number of nitrogens with zero attached hydrogens (tertiary/aromatic N) is 3. The van der Waals surface area contributed by atoms with Gasteiger partial charge in [0.05, 0.1) is 30.3 Å². The number of aromatic nitrogens is 2. The molecule has 1 N–H and O–H groups in total. The van der Waals surface area contributed by atoms with Crippen molar-refractivity contribution < 1.29 is 19.0 Å². The highest BCUT2D eigenvalue weighted by atomic mass is 35.5. The molecule has 1 atom stereocenters. The summed E-state index contributed by atoms with van der Waals surface area (Å²) in [4.78, 5) is 20.7. The van der Waals surface area contributed by atoms with Crippen LogP contribution in [0.1, 0.15) is 83.8 Å². The Balaban J connectivity index is 1.54. The van der Waals surface area contributed by atoms with Crippen molar-refractivity contribution in [1.29, 1.82) is 0 Å². The third-order valence-electron chi connectivity index (χ3n) is 8.20. The maximum Gasteiger partial charge on any atom is 0.408 e. The zero-order valence-electron chi connectivity index (χ0n) is 29.6. The van der Waals surface area contributed by atoms with Gasteiger partial charge in [0.2, 0.25) is 0 Å². The molecule has 0 spiro atoms. The number of ether oxygens (including phenoxy) is 3. The van der Waals surface area contributed by atoms with Crippen LogP contribution in [0.15, 0.2) is 66.7 Å². The standard InChI is InChI=1S/C39H53ClN4O4/c1-7-10-24-44-36-21-20-33(46-25-11-23-43(8-2)9-3)28-34(36)41-37(44)35(42-38(45)48-39(4,5)6)27-30-14-18-32(19-15-30)47-26-22-29-12-16-31(40)17-13-29/h12-21,28,35H,7-11,22-27H2,1-6H3,(H,42,45)/t35-/m1/s1. The highest BCUT2D eigenvalue weighted by molar-refractivity contribution is 6.30. The third-order valence-corrected chi connectivity index (χ3v) is 8.46. The van der Waals surface area contributed by atoms with Crippen LogP contribution in [0.3, 0.4) is 0 Å². The van der Waals surface area contributed by atoms with E-state index in [9.17, 15) is 4.79 Å². The SMILES string of the molecule is CCCCn1c([C@@H](Cc2ccc(OCCc3ccc(Cl)cc3)cc2)NC(=O)OC(C)(C)C)nc2cc(OCCCN(CC)CC)ccc21. The minimum absolute atomic E-state index is 0.417. The van der Waals surface area contributed by atoms with Gasteiger partial charge in [-0.15, -0.1) is 0 Å². The quantitative estimate of drug-likeness (QED) is 0.106. The molecule has 4 aromatic rings. The molecule has 48 heavy (non-hydrogen) atoms. The Bertz CT molecular complexity index is 1560. The number of carbonyl (C=O) groups excluding carboxylic acids is 1. The fourth-order valence-corrected chi connectivity index (χ4v) is 5.73. The average molecular weight is 677 g/mol. The van der Waals surface area contributed by atoms with E-state index in [0.717, 1.165) is 90.8 Å². The molecule has 0 radical (unpaired) electrons. The molecular weight excluding hydrogens is 624 g/mol. The summed E-state index contributed by atoms with van der Waals surface area (Å²) < 4.78 is 20.1. The van der Waals surface area contributed by atoms with Crippen molar-refractivity contribution in [1.82, 2.24) is 19.8 Å². The van der Waals surface area contributed by atoms with Gasteiger partial charge in [0.15, 0.2) is 0 Å². The Morgan fingerprint density at radius 2 is 1.56 bits per heavy atom. The van der Waals surface area contributed by atoms with Gasteiger partial charge >= 0.3 is 6.09 Å². The predicted octanol–water partition coefficient (Wildman–Crippen LogP) is 9.03. The number of benzene rings is 3. The molecule has 4 rings (SSSR count). The number of rotatable bonds is 18. The number of imidazole rings is 1. The van der Waals surface area contributed by atoms with Crippen LogP contribution in [-0.4, -0.2) is 59.0 Å². The number of hydrogen-bond acceptors (Lipinski definition) is 6. The molecule has 260 valence electrons. The predicted molar refractivity (Wildman–Crippen MR) is 195 cm³/mol. The lowest BCUT2D eigenvalue weighted by atomic mass is 10.0. The molecule has 8 nitrogen and oxygen atoms in total. The number of halogens is 1. The molecule has 0 saturated heterocycles. The fraction of sp³-hybridized carbons (Fsp3) is 0.487. The summed E-state index contributed by atoms with van der Waals surface area (Å²) in [5, 5.41) is 3.87. The van der Waals surface area contributed by atoms with Gasteiger partial charge in [-0.2, -0.15) is 0 Å². The lowest BCUT2D eigenvalue weighted by Gasteiger charge is -2.24. The van der Waals surface area contributed by atoms with Crippen LogP contribution < -0.4 is 14.8 Å². The largest absolute Gasteiger partial charge is 0.493 e. The van der Waals surface area contributed by atoms with Crippen molar-refractivity contribution in [2.75, 3.05) is 32.8 Å². The molecule has 1 heterocycles. The van der Waals surface area contributed by atoms with Crippen LogP contribution in [0.4, 0.5) is 4.79 Å². The Kier molecular flexibility index (Phi) is 14.0. The number of fused-ring (bicyclic) bond motifs is 1. The van der Waals surface area contributed by atoms with Crippen LogP contribution >= 0.6 is 11.6 Å². The van der Waals surface area contributed by atoms with Crippen LogP contribution in [-0.2, 0) is 24.1 Å². The molecule has 1 aromatic heterocycles. The van der Waals surface area contributed by atoms with Crippen molar-refractivity contribution in [2.24, 2.45) is 0 Å². The lowest BCUT2D eigenvalue weighted by molar-refractivity contribution is 0.0500. The first-order valence-electron chi connectivity index (χ1n) is 17.4. The minimum atomic E-state index is -0.625. The first-order chi connectivity index (χ1) is 23.1. The van der Waals surface area contributed by atoms with E-state index in [-0.39, 0.29) is 0 Å². The highest BCUT2D eigenvalue weighted by Crippen LogP contribution is 2.28. The number of carbonyl (C=O) groups is 1. The number of aryl methyl sites for hydroxylation is 1. The van der Waals surface area contributed by atoms with E-state index in [0.29, 0.717) is 19.6 Å². The zero-order chi connectivity index (χ0) is 34.5. The van der Waals surface area contributed by atoms with Gasteiger partial charge in [-0.1, -0.05) is 63.1 Å². The van der Waals surface area contributed by atoms with Crippen molar-refractivity contribution in [2.45, 2.75) is 91.8 Å². The number of nitrogens with one attached hydrogen (secondary N) is 1. The molecule has 0 aliphatic rings. The van der Waals surface area contributed by atoms with Gasteiger partial charge in [0, 0.05) is 37.0 Å². The Hall–Kier alpha value is -3.75. The number of hydrogen-bond donors (Lipinski definition) is 1. The van der Waals surface area contributed by atoms with E-state index in [1.54, 1.807) is 0 Å². The monoisotopic (exact) mass is 676 g/mol.